The molecule has 17 heavy (non-hydrogen) atoms. The van der Waals surface area contributed by atoms with Crippen molar-refractivity contribution in [2.75, 3.05) is 6.61 Å². The van der Waals surface area contributed by atoms with Crippen LogP contribution in [-0.2, 0) is 18.6 Å². The van der Waals surface area contributed by atoms with Crippen molar-refractivity contribution in [1.82, 2.24) is 0 Å². The smallest absolute Gasteiger partial charge is 0.790 e. The van der Waals surface area contributed by atoms with Crippen LogP contribution in [0.1, 0.15) is 0 Å². The molecule has 2 atom stereocenters. The SMILES string of the molecule is O=C1O[C@H]([C@@H](O)COP(=O)([O-])[O-])C(O)=C1O.[Mg+2]. The zero-order valence-corrected chi connectivity index (χ0v) is 10.6. The van der Waals surface area contributed by atoms with Crippen LogP contribution in [0.15, 0.2) is 11.5 Å². The zero-order chi connectivity index (χ0) is 12.5. The van der Waals surface area contributed by atoms with Gasteiger partial charge in [0, 0.05) is 0 Å². The maximum Gasteiger partial charge on any atom is 2.00 e. The Balaban J connectivity index is 0.00000256. The Morgan fingerprint density at radius 1 is 1.47 bits per heavy atom. The second kappa shape index (κ2) is 6.00. The number of rotatable bonds is 4. The molecular formula is C6H7MgO9P. The molecule has 0 bridgehead atoms. The van der Waals surface area contributed by atoms with E-state index < -0.39 is 44.1 Å². The van der Waals surface area contributed by atoms with E-state index in [9.17, 15) is 24.3 Å². The van der Waals surface area contributed by atoms with Gasteiger partial charge in [0.25, 0.3) is 0 Å². The Bertz CT molecular complexity index is 374. The third kappa shape index (κ3) is 4.43. The molecule has 1 rings (SSSR count). The number of phosphoric acid groups is 1. The summed E-state index contributed by atoms with van der Waals surface area (Å²) in [5.41, 5.74) is 0. The molecule has 0 amide bonds. The van der Waals surface area contributed by atoms with Crippen LogP contribution in [0.25, 0.3) is 0 Å². The number of aliphatic hydroxyl groups excluding tert-OH is 3. The Hall–Kier alpha value is -0.354. The molecular weight excluding hydrogens is 271 g/mol. The van der Waals surface area contributed by atoms with Crippen LogP contribution in [0.3, 0.4) is 0 Å². The van der Waals surface area contributed by atoms with Crippen molar-refractivity contribution in [2.24, 2.45) is 0 Å². The summed E-state index contributed by atoms with van der Waals surface area (Å²) in [7, 11) is -5.27. The predicted octanol–water partition coefficient (Wildman–Crippen LogP) is -2.94. The van der Waals surface area contributed by atoms with Crippen LogP contribution in [-0.4, -0.2) is 63.2 Å². The Morgan fingerprint density at radius 2 is 2.00 bits per heavy atom. The number of hydrogen-bond acceptors (Lipinski definition) is 9. The van der Waals surface area contributed by atoms with Crippen LogP contribution < -0.4 is 9.79 Å². The van der Waals surface area contributed by atoms with Gasteiger partial charge in [-0.2, -0.15) is 0 Å². The minimum atomic E-state index is -5.27. The van der Waals surface area contributed by atoms with E-state index in [-0.39, 0.29) is 23.1 Å². The Kier molecular flexibility index (Phi) is 5.88. The summed E-state index contributed by atoms with van der Waals surface area (Å²) in [4.78, 5) is 30.8. The van der Waals surface area contributed by atoms with Crippen LogP contribution in [0.4, 0.5) is 0 Å². The first kappa shape index (κ1) is 16.6. The molecule has 92 valence electrons. The first-order chi connectivity index (χ1) is 7.22. The quantitative estimate of drug-likeness (QED) is 0.278. The van der Waals surface area contributed by atoms with E-state index in [4.69, 9.17) is 10.2 Å². The van der Waals surface area contributed by atoms with Gasteiger partial charge in [0.05, 0.1) is 14.4 Å². The Morgan fingerprint density at radius 3 is 2.35 bits per heavy atom. The third-order valence-corrected chi connectivity index (χ3v) is 2.16. The first-order valence-corrected chi connectivity index (χ1v) is 5.36. The van der Waals surface area contributed by atoms with Crippen molar-refractivity contribution in [2.45, 2.75) is 12.2 Å². The normalized spacial score (nSPS) is 22.1. The van der Waals surface area contributed by atoms with Crippen LogP contribution in [0, 0.1) is 0 Å². The van der Waals surface area contributed by atoms with E-state index in [2.05, 4.69) is 9.26 Å². The molecule has 0 saturated heterocycles. The van der Waals surface area contributed by atoms with Gasteiger partial charge in [0.2, 0.25) is 5.76 Å². The van der Waals surface area contributed by atoms with Crippen molar-refractivity contribution < 1.29 is 43.7 Å². The largest absolute Gasteiger partial charge is 2.00 e. The van der Waals surface area contributed by atoms with E-state index in [1.807, 2.05) is 0 Å². The van der Waals surface area contributed by atoms with E-state index in [0.29, 0.717) is 0 Å². The number of carbonyl (C=O) groups is 1. The minimum Gasteiger partial charge on any atom is -0.790 e. The first-order valence-electron chi connectivity index (χ1n) is 3.90. The molecule has 1 aliphatic heterocycles. The van der Waals surface area contributed by atoms with Crippen LogP contribution in [0.2, 0.25) is 0 Å². The maximum atomic E-state index is 10.7. The van der Waals surface area contributed by atoms with Gasteiger partial charge in [-0.05, 0) is 0 Å². The fraction of sp³-hybridized carbons (Fsp3) is 0.500. The molecule has 11 heteroatoms. The molecule has 0 radical (unpaired) electrons. The van der Waals surface area contributed by atoms with E-state index in [1.54, 1.807) is 0 Å². The molecule has 0 aliphatic carbocycles. The molecule has 0 aromatic heterocycles. The average molecular weight is 278 g/mol. The van der Waals surface area contributed by atoms with Crippen molar-refractivity contribution in [3.8, 4) is 0 Å². The number of carbonyl (C=O) groups excluding carboxylic acids is 1. The number of cyclic esters (lactones) is 1. The molecule has 0 saturated carbocycles. The van der Waals surface area contributed by atoms with Gasteiger partial charge < -0.3 is 38.9 Å². The topological polar surface area (TPSA) is 159 Å². The standard InChI is InChI=1S/C6H9O9P.Mg/c7-2(1-14-16(11,12)13)5-3(8)4(9)6(10)15-5;/h2,5,7-9H,1H2,(H2,11,12,13);/q;+2/p-2/t2-,5+;/m0./s1. The van der Waals surface area contributed by atoms with Gasteiger partial charge in [-0.25, -0.2) is 4.79 Å². The summed E-state index contributed by atoms with van der Waals surface area (Å²) < 4.78 is 18.1. The summed E-state index contributed by atoms with van der Waals surface area (Å²) in [5, 5.41) is 27.1. The van der Waals surface area contributed by atoms with E-state index in [1.165, 1.54) is 0 Å². The molecule has 1 heterocycles. The number of hydrogen-bond donors (Lipinski definition) is 3. The van der Waals surface area contributed by atoms with Gasteiger partial charge in [-0.15, -0.1) is 0 Å². The summed E-state index contributed by atoms with van der Waals surface area (Å²) in [5.74, 6) is -3.31. The fourth-order valence-electron chi connectivity index (χ4n) is 0.982. The summed E-state index contributed by atoms with van der Waals surface area (Å²) in [6, 6.07) is 0. The summed E-state index contributed by atoms with van der Waals surface area (Å²) in [6.45, 7) is -1.00. The monoisotopic (exact) mass is 278 g/mol. The van der Waals surface area contributed by atoms with Gasteiger partial charge in [0.15, 0.2) is 11.9 Å². The molecule has 3 N–H and O–H groups in total. The second-order valence-electron chi connectivity index (χ2n) is 2.87. The molecule has 0 unspecified atom stereocenters. The second-order valence-corrected chi connectivity index (χ2v) is 4.02. The molecule has 0 aromatic carbocycles. The van der Waals surface area contributed by atoms with E-state index in [0.717, 1.165) is 0 Å². The Labute approximate surface area is 111 Å². The molecule has 0 fully saturated rings. The third-order valence-electron chi connectivity index (χ3n) is 1.69. The van der Waals surface area contributed by atoms with Gasteiger partial charge in [-0.3, -0.25) is 0 Å². The van der Waals surface area contributed by atoms with Gasteiger partial charge >= 0.3 is 29.0 Å². The number of phosphoric ester groups is 1. The van der Waals surface area contributed by atoms with Crippen molar-refractivity contribution in [3.63, 3.8) is 0 Å². The summed E-state index contributed by atoms with van der Waals surface area (Å²) in [6.07, 6.45) is -3.44. The van der Waals surface area contributed by atoms with Crippen LogP contribution in [0.5, 0.6) is 0 Å². The zero-order valence-electron chi connectivity index (χ0n) is 8.31. The number of ether oxygens (including phenoxy) is 1. The van der Waals surface area contributed by atoms with Gasteiger partial charge in [-0.1, -0.05) is 0 Å². The van der Waals surface area contributed by atoms with Crippen LogP contribution >= 0.6 is 7.82 Å². The van der Waals surface area contributed by atoms with Crippen molar-refractivity contribution in [1.29, 1.82) is 0 Å². The minimum absolute atomic E-state index is 0. The molecule has 9 nitrogen and oxygen atoms in total. The van der Waals surface area contributed by atoms with Crippen molar-refractivity contribution >= 4 is 36.8 Å². The molecule has 0 spiro atoms. The summed E-state index contributed by atoms with van der Waals surface area (Å²) >= 11 is 0. The number of aliphatic hydroxyl groups is 3. The number of esters is 1. The molecule has 1 aliphatic rings. The van der Waals surface area contributed by atoms with Crippen molar-refractivity contribution in [3.05, 3.63) is 11.5 Å². The maximum absolute atomic E-state index is 10.7. The van der Waals surface area contributed by atoms with Gasteiger partial charge in [0.1, 0.15) is 6.10 Å². The fourth-order valence-corrected chi connectivity index (χ4v) is 1.32. The average Bonchev–Trinajstić information content (AvgIpc) is 2.41. The predicted molar refractivity (Wildman–Crippen MR) is 47.5 cm³/mol. The van der Waals surface area contributed by atoms with E-state index >= 15 is 0 Å². The molecule has 0 aromatic rings.